The van der Waals surface area contributed by atoms with E-state index in [2.05, 4.69) is 41.9 Å². The Kier molecular flexibility index (Phi) is 5.70. The van der Waals surface area contributed by atoms with Gasteiger partial charge in [0.1, 0.15) is 11.9 Å². The number of piperazine rings is 1. The molecule has 32 heavy (non-hydrogen) atoms. The molecule has 2 heterocycles. The molecule has 6 heteroatoms. The summed E-state index contributed by atoms with van der Waals surface area (Å²) < 4.78 is 11.1. The van der Waals surface area contributed by atoms with Gasteiger partial charge in [-0.05, 0) is 43.0 Å². The summed E-state index contributed by atoms with van der Waals surface area (Å²) in [7, 11) is 1.68. The fourth-order valence-electron chi connectivity index (χ4n) is 6.53. The number of anilines is 1. The standard InChI is InChI=1S/C26H36N2O4/c1-17-5-4-6-18-15-22-23(24(29)26(17,18)2)21(25(30)32-22)16-27-11-13-28(14-12-27)19-7-9-20(31-3)10-8-19/h6-10,17,21-24,29H,4-5,11-16H2,1-3H3/t17-,21+,22-,23+,24+,26-/m1/s1. The number of allylic oxidation sites excluding steroid dienone is 1. The molecule has 6 atom stereocenters. The Morgan fingerprint density at radius 1 is 1.19 bits per heavy atom. The number of aliphatic hydroxyl groups is 1. The van der Waals surface area contributed by atoms with Gasteiger partial charge in [-0.2, -0.15) is 0 Å². The van der Waals surface area contributed by atoms with Crippen LogP contribution in [0.4, 0.5) is 5.69 Å². The molecule has 0 unspecified atom stereocenters. The van der Waals surface area contributed by atoms with E-state index in [-0.39, 0.29) is 29.3 Å². The van der Waals surface area contributed by atoms with E-state index < -0.39 is 6.10 Å². The molecule has 1 saturated carbocycles. The first-order chi connectivity index (χ1) is 15.4. The highest BCUT2D eigenvalue weighted by Crippen LogP contribution is 2.56. The van der Waals surface area contributed by atoms with Crippen molar-refractivity contribution in [1.82, 2.24) is 4.90 Å². The lowest BCUT2D eigenvalue weighted by molar-refractivity contribution is -0.145. The van der Waals surface area contributed by atoms with Crippen LogP contribution in [0.3, 0.4) is 0 Å². The van der Waals surface area contributed by atoms with Crippen molar-refractivity contribution >= 4 is 11.7 Å². The van der Waals surface area contributed by atoms with Gasteiger partial charge in [-0.25, -0.2) is 0 Å². The van der Waals surface area contributed by atoms with Crippen molar-refractivity contribution in [3.05, 3.63) is 35.9 Å². The molecular weight excluding hydrogens is 404 g/mol. The monoisotopic (exact) mass is 440 g/mol. The Morgan fingerprint density at radius 3 is 2.59 bits per heavy atom. The highest BCUT2D eigenvalue weighted by atomic mass is 16.6. The van der Waals surface area contributed by atoms with E-state index in [1.165, 1.54) is 11.3 Å². The summed E-state index contributed by atoms with van der Waals surface area (Å²) in [5.41, 5.74) is 2.26. The third kappa shape index (κ3) is 3.52. The molecule has 3 fully saturated rings. The Balaban J connectivity index is 1.25. The third-order valence-corrected chi connectivity index (χ3v) is 8.84. The number of fused-ring (bicyclic) bond motifs is 2. The van der Waals surface area contributed by atoms with Crippen LogP contribution in [0.15, 0.2) is 35.9 Å². The maximum absolute atomic E-state index is 12.9. The normalized spacial score (nSPS) is 37.4. The van der Waals surface area contributed by atoms with Crippen LogP contribution in [-0.4, -0.2) is 68.0 Å². The molecule has 2 saturated heterocycles. The first-order valence-electron chi connectivity index (χ1n) is 12.1. The van der Waals surface area contributed by atoms with Gasteiger partial charge in [-0.3, -0.25) is 9.69 Å². The molecule has 4 aliphatic rings. The SMILES string of the molecule is COc1ccc(N2CCN(C[C@@H]3C(=O)O[C@@H]4CC5=CCC[C@@H](C)[C@@]5(C)[C@@H](O)[C@@H]34)CC2)cc1. The predicted molar refractivity (Wildman–Crippen MR) is 124 cm³/mol. The molecule has 0 amide bonds. The fraction of sp³-hybridized carbons (Fsp3) is 0.654. The van der Waals surface area contributed by atoms with Crippen molar-refractivity contribution < 1.29 is 19.4 Å². The van der Waals surface area contributed by atoms with E-state index in [9.17, 15) is 9.90 Å². The summed E-state index contributed by atoms with van der Waals surface area (Å²) in [4.78, 5) is 17.6. The lowest BCUT2D eigenvalue weighted by Gasteiger charge is -2.52. The van der Waals surface area contributed by atoms with Gasteiger partial charge >= 0.3 is 5.97 Å². The van der Waals surface area contributed by atoms with Crippen LogP contribution in [-0.2, 0) is 9.53 Å². The Hall–Kier alpha value is -2.05. The van der Waals surface area contributed by atoms with Crippen molar-refractivity contribution in [2.45, 2.75) is 45.3 Å². The van der Waals surface area contributed by atoms with Crippen molar-refractivity contribution in [3.63, 3.8) is 0 Å². The number of aliphatic hydroxyl groups excluding tert-OH is 1. The average molecular weight is 441 g/mol. The van der Waals surface area contributed by atoms with E-state index >= 15 is 0 Å². The van der Waals surface area contributed by atoms with Crippen molar-refractivity contribution in [1.29, 1.82) is 0 Å². The average Bonchev–Trinajstić information content (AvgIpc) is 3.11. The molecule has 0 radical (unpaired) electrons. The molecule has 2 aliphatic heterocycles. The minimum Gasteiger partial charge on any atom is -0.497 e. The van der Waals surface area contributed by atoms with Gasteiger partial charge in [0.05, 0.1) is 19.1 Å². The Morgan fingerprint density at radius 2 is 1.91 bits per heavy atom. The van der Waals surface area contributed by atoms with Gasteiger partial charge in [-0.1, -0.05) is 25.5 Å². The summed E-state index contributed by atoms with van der Waals surface area (Å²) in [6.45, 7) is 8.79. The van der Waals surface area contributed by atoms with Gasteiger partial charge in [-0.15, -0.1) is 0 Å². The van der Waals surface area contributed by atoms with E-state index in [1.807, 2.05) is 12.1 Å². The number of nitrogens with zero attached hydrogens (tertiary/aromatic N) is 2. The number of carbonyl (C=O) groups excluding carboxylic acids is 1. The van der Waals surface area contributed by atoms with Gasteiger partial charge in [0.25, 0.3) is 0 Å². The van der Waals surface area contributed by atoms with Gasteiger partial charge in [0, 0.05) is 56.2 Å². The quantitative estimate of drug-likeness (QED) is 0.574. The number of hydrogen-bond donors (Lipinski definition) is 1. The second kappa shape index (κ2) is 8.38. The van der Waals surface area contributed by atoms with E-state index in [0.717, 1.165) is 51.2 Å². The lowest BCUT2D eigenvalue weighted by Crippen LogP contribution is -2.55. The first kappa shape index (κ1) is 21.8. The largest absolute Gasteiger partial charge is 0.497 e. The topological polar surface area (TPSA) is 62.2 Å². The second-order valence-corrected chi connectivity index (χ2v) is 10.3. The molecule has 1 N–H and O–H groups in total. The number of rotatable bonds is 4. The number of benzene rings is 1. The van der Waals surface area contributed by atoms with Gasteiger partial charge < -0.3 is 19.5 Å². The molecule has 0 bridgehead atoms. The Labute approximate surface area is 191 Å². The third-order valence-electron chi connectivity index (χ3n) is 8.84. The van der Waals surface area contributed by atoms with Crippen molar-refractivity contribution in [3.8, 4) is 5.75 Å². The summed E-state index contributed by atoms with van der Waals surface area (Å²) >= 11 is 0. The summed E-state index contributed by atoms with van der Waals surface area (Å²) in [6, 6.07) is 8.19. The maximum atomic E-state index is 12.9. The number of methoxy groups -OCH3 is 1. The van der Waals surface area contributed by atoms with E-state index in [0.29, 0.717) is 12.5 Å². The predicted octanol–water partition coefficient (Wildman–Crippen LogP) is 3.10. The minimum absolute atomic E-state index is 0.107. The molecule has 2 aliphatic carbocycles. The number of ether oxygens (including phenoxy) is 2. The van der Waals surface area contributed by atoms with Gasteiger partial charge in [0.2, 0.25) is 0 Å². The number of esters is 1. The minimum atomic E-state index is -0.528. The molecule has 174 valence electrons. The fourth-order valence-corrected chi connectivity index (χ4v) is 6.53. The molecule has 0 aromatic heterocycles. The first-order valence-corrected chi connectivity index (χ1v) is 12.1. The number of carbonyl (C=O) groups is 1. The van der Waals surface area contributed by atoms with Crippen LogP contribution in [0.1, 0.15) is 33.1 Å². The zero-order valence-corrected chi connectivity index (χ0v) is 19.5. The summed E-state index contributed by atoms with van der Waals surface area (Å²) in [5.74, 6) is 0.821. The van der Waals surface area contributed by atoms with Crippen molar-refractivity contribution in [2.75, 3.05) is 44.7 Å². The maximum Gasteiger partial charge on any atom is 0.311 e. The van der Waals surface area contributed by atoms with Crippen LogP contribution in [0.25, 0.3) is 0 Å². The molecule has 6 nitrogen and oxygen atoms in total. The van der Waals surface area contributed by atoms with E-state index in [1.54, 1.807) is 7.11 Å². The molecule has 1 aromatic rings. The molecule has 1 aromatic carbocycles. The lowest BCUT2D eigenvalue weighted by atomic mass is 9.55. The summed E-state index contributed by atoms with van der Waals surface area (Å²) in [6.07, 6.45) is 4.54. The molecule has 0 spiro atoms. The van der Waals surface area contributed by atoms with Crippen LogP contribution >= 0.6 is 0 Å². The van der Waals surface area contributed by atoms with Crippen LogP contribution in [0.2, 0.25) is 0 Å². The van der Waals surface area contributed by atoms with E-state index in [4.69, 9.17) is 9.47 Å². The second-order valence-electron chi connectivity index (χ2n) is 10.3. The zero-order valence-electron chi connectivity index (χ0n) is 19.5. The zero-order chi connectivity index (χ0) is 22.5. The smallest absolute Gasteiger partial charge is 0.311 e. The molecule has 5 rings (SSSR count). The summed E-state index contributed by atoms with van der Waals surface area (Å²) in [5, 5.41) is 11.5. The number of hydrogen-bond acceptors (Lipinski definition) is 6. The van der Waals surface area contributed by atoms with Crippen LogP contribution < -0.4 is 9.64 Å². The van der Waals surface area contributed by atoms with Crippen molar-refractivity contribution in [2.24, 2.45) is 23.2 Å². The highest BCUT2D eigenvalue weighted by Gasteiger charge is 2.59. The van der Waals surface area contributed by atoms with Crippen LogP contribution in [0.5, 0.6) is 5.75 Å². The molecular formula is C26H36N2O4. The Bertz CT molecular complexity index is 876. The highest BCUT2D eigenvalue weighted by molar-refractivity contribution is 5.76. The van der Waals surface area contributed by atoms with Crippen LogP contribution in [0, 0.1) is 23.2 Å². The van der Waals surface area contributed by atoms with Gasteiger partial charge in [0.15, 0.2) is 0 Å².